The number of fused-ring (bicyclic) bond motifs is 1. The molecular weight excluding hydrogens is 332 g/mol. The van der Waals surface area contributed by atoms with Crippen LogP contribution in [0.25, 0.3) is 11.1 Å². The van der Waals surface area contributed by atoms with E-state index in [1.54, 1.807) is 19.1 Å². The number of hydrogen-bond donors (Lipinski definition) is 1. The van der Waals surface area contributed by atoms with Crippen LogP contribution in [0.15, 0.2) is 35.3 Å². The van der Waals surface area contributed by atoms with E-state index in [-0.39, 0.29) is 18.8 Å². The second-order valence-corrected chi connectivity index (χ2v) is 5.97. The van der Waals surface area contributed by atoms with Crippen LogP contribution in [0.4, 0.5) is 8.78 Å². The summed E-state index contributed by atoms with van der Waals surface area (Å²) in [4.78, 5) is 29.4. The van der Waals surface area contributed by atoms with Gasteiger partial charge in [-0.3, -0.25) is 9.59 Å². The molecule has 1 aliphatic heterocycles. The summed E-state index contributed by atoms with van der Waals surface area (Å²) in [5.74, 6) is -4.43. The molecule has 1 N–H and O–H groups in total. The molecule has 0 bridgehead atoms. The van der Waals surface area contributed by atoms with Gasteiger partial charge in [-0.2, -0.15) is 0 Å². The zero-order valence-electron chi connectivity index (χ0n) is 13.6. The Hall–Kier alpha value is -2.77. The molecule has 2 aromatic rings. The molecule has 2 amide bonds. The number of aromatic nitrogens is 1. The quantitative estimate of drug-likeness (QED) is 0.863. The van der Waals surface area contributed by atoms with Crippen LogP contribution in [0, 0.1) is 6.92 Å². The number of carbonyl (C=O) groups is 2. The van der Waals surface area contributed by atoms with E-state index in [4.69, 9.17) is 4.42 Å². The smallest absolute Gasteiger partial charge is 0.287 e. The molecule has 0 spiro atoms. The van der Waals surface area contributed by atoms with Crippen LogP contribution in [0.2, 0.25) is 0 Å². The summed E-state index contributed by atoms with van der Waals surface area (Å²) >= 11 is 0. The highest BCUT2D eigenvalue weighted by Crippen LogP contribution is 2.29. The molecule has 1 fully saturated rings. The van der Waals surface area contributed by atoms with Gasteiger partial charge in [0.2, 0.25) is 5.91 Å². The fourth-order valence-corrected chi connectivity index (χ4v) is 2.75. The zero-order chi connectivity index (χ0) is 18.2. The highest BCUT2D eigenvalue weighted by atomic mass is 19.3. The summed E-state index contributed by atoms with van der Waals surface area (Å²) in [6, 6.07) is 3.29. The van der Waals surface area contributed by atoms with Gasteiger partial charge in [-0.05, 0) is 25.1 Å². The van der Waals surface area contributed by atoms with E-state index >= 15 is 0 Å². The number of furan rings is 1. The Kier molecular flexibility index (Phi) is 4.28. The van der Waals surface area contributed by atoms with Crippen molar-refractivity contribution in [3.63, 3.8) is 0 Å². The van der Waals surface area contributed by atoms with Gasteiger partial charge in [0.05, 0.1) is 0 Å². The minimum absolute atomic E-state index is 0.0853. The number of hydrogen-bond acceptors (Lipinski definition) is 4. The Morgan fingerprint density at radius 3 is 2.96 bits per heavy atom. The van der Waals surface area contributed by atoms with Crippen molar-refractivity contribution in [2.75, 3.05) is 13.1 Å². The monoisotopic (exact) mass is 349 g/mol. The van der Waals surface area contributed by atoms with Crippen molar-refractivity contribution < 1.29 is 22.8 Å². The number of likely N-dealkylation sites (tertiary alicyclic amines) is 1. The maximum atomic E-state index is 14.1. The van der Waals surface area contributed by atoms with E-state index in [1.165, 1.54) is 11.0 Å². The number of piperidine rings is 1. The van der Waals surface area contributed by atoms with E-state index < -0.39 is 30.2 Å². The summed E-state index contributed by atoms with van der Waals surface area (Å²) in [6.07, 6.45) is 0.536. The molecule has 2 aromatic heterocycles. The Labute approximate surface area is 142 Å². The van der Waals surface area contributed by atoms with Crippen molar-refractivity contribution in [1.29, 1.82) is 0 Å². The van der Waals surface area contributed by atoms with Crippen molar-refractivity contribution in [3.05, 3.63) is 42.3 Å². The Bertz CT molecular complexity index is 847. The predicted octanol–water partition coefficient (Wildman–Crippen LogP) is 2.29. The SMILES string of the molecule is C=CC(=O)N1CCC(F)(F)[C@H](NC(=O)c2cc3nc(C)ccc3o2)C1. The number of carbonyl (C=O) groups excluding carboxylic acids is 2. The molecule has 132 valence electrons. The van der Waals surface area contributed by atoms with E-state index in [0.29, 0.717) is 11.1 Å². The molecule has 1 aliphatic rings. The van der Waals surface area contributed by atoms with Crippen LogP contribution in [0.5, 0.6) is 0 Å². The highest BCUT2D eigenvalue weighted by Gasteiger charge is 2.46. The molecule has 0 unspecified atom stereocenters. The summed E-state index contributed by atoms with van der Waals surface area (Å²) in [6.45, 7) is 4.76. The van der Waals surface area contributed by atoms with Crippen LogP contribution in [-0.4, -0.2) is 46.8 Å². The molecule has 0 radical (unpaired) electrons. The van der Waals surface area contributed by atoms with Crippen molar-refractivity contribution in [1.82, 2.24) is 15.2 Å². The average Bonchev–Trinajstić information content (AvgIpc) is 2.99. The van der Waals surface area contributed by atoms with Crippen LogP contribution < -0.4 is 5.32 Å². The Morgan fingerprint density at radius 2 is 2.24 bits per heavy atom. The topological polar surface area (TPSA) is 75.4 Å². The first kappa shape index (κ1) is 17.1. The lowest BCUT2D eigenvalue weighted by atomic mass is 10.0. The lowest BCUT2D eigenvalue weighted by Gasteiger charge is -2.38. The van der Waals surface area contributed by atoms with Gasteiger partial charge >= 0.3 is 0 Å². The lowest BCUT2D eigenvalue weighted by molar-refractivity contribution is -0.135. The van der Waals surface area contributed by atoms with Gasteiger partial charge in [-0.1, -0.05) is 6.58 Å². The Balaban J connectivity index is 1.79. The molecular formula is C17H17F2N3O3. The summed E-state index contributed by atoms with van der Waals surface area (Å²) < 4.78 is 33.6. The first-order chi connectivity index (χ1) is 11.8. The van der Waals surface area contributed by atoms with Crippen molar-refractivity contribution >= 4 is 22.9 Å². The second-order valence-electron chi connectivity index (χ2n) is 5.97. The number of alkyl halides is 2. The number of amides is 2. The maximum Gasteiger partial charge on any atom is 0.287 e. The highest BCUT2D eigenvalue weighted by molar-refractivity contribution is 5.95. The number of rotatable bonds is 3. The maximum absolute atomic E-state index is 14.1. The number of pyridine rings is 1. The molecule has 3 rings (SSSR count). The first-order valence-corrected chi connectivity index (χ1v) is 7.77. The standard InChI is InChI=1S/C17H17F2N3O3/c1-3-15(23)22-7-6-17(18,19)14(9-22)21-16(24)13-8-11-12(25-13)5-4-10(2)20-11/h3-5,8,14H,1,6-7,9H2,2H3,(H,21,24)/t14-/m1/s1. The summed E-state index contributed by atoms with van der Waals surface area (Å²) in [7, 11) is 0. The van der Waals surface area contributed by atoms with Crippen LogP contribution in [-0.2, 0) is 4.79 Å². The molecule has 8 heteroatoms. The number of nitrogens with one attached hydrogen (secondary N) is 1. The van der Waals surface area contributed by atoms with Gasteiger partial charge in [0.25, 0.3) is 11.8 Å². The van der Waals surface area contributed by atoms with E-state index in [0.717, 1.165) is 11.8 Å². The number of aryl methyl sites for hydroxylation is 1. The third-order valence-corrected chi connectivity index (χ3v) is 4.16. The van der Waals surface area contributed by atoms with Crippen molar-refractivity contribution in [2.45, 2.75) is 25.3 Å². The normalized spacial score (nSPS) is 19.6. The Morgan fingerprint density at radius 1 is 1.48 bits per heavy atom. The van der Waals surface area contributed by atoms with Crippen LogP contribution in [0.3, 0.4) is 0 Å². The molecule has 1 saturated heterocycles. The van der Waals surface area contributed by atoms with Gasteiger partial charge in [0, 0.05) is 31.3 Å². The molecule has 6 nitrogen and oxygen atoms in total. The molecule has 1 atom stereocenters. The molecule has 25 heavy (non-hydrogen) atoms. The fraction of sp³-hybridized carbons (Fsp3) is 0.353. The largest absolute Gasteiger partial charge is 0.449 e. The van der Waals surface area contributed by atoms with E-state index in [9.17, 15) is 18.4 Å². The van der Waals surface area contributed by atoms with Gasteiger partial charge in [0.15, 0.2) is 11.3 Å². The van der Waals surface area contributed by atoms with Crippen LogP contribution in [0.1, 0.15) is 22.7 Å². The predicted molar refractivity (Wildman–Crippen MR) is 86.3 cm³/mol. The summed E-state index contributed by atoms with van der Waals surface area (Å²) in [5, 5.41) is 2.27. The van der Waals surface area contributed by atoms with Gasteiger partial charge in [-0.25, -0.2) is 13.8 Å². The van der Waals surface area contributed by atoms with Gasteiger partial charge in [0.1, 0.15) is 11.6 Å². The molecule has 0 aliphatic carbocycles. The number of nitrogens with zero attached hydrogens (tertiary/aromatic N) is 2. The number of halogens is 2. The second kappa shape index (κ2) is 6.27. The minimum atomic E-state index is -3.12. The third kappa shape index (κ3) is 3.38. The fourth-order valence-electron chi connectivity index (χ4n) is 2.75. The summed E-state index contributed by atoms with van der Waals surface area (Å²) in [5.41, 5.74) is 1.62. The van der Waals surface area contributed by atoms with Gasteiger partial charge < -0.3 is 14.6 Å². The molecule has 0 saturated carbocycles. The van der Waals surface area contributed by atoms with Gasteiger partial charge in [-0.15, -0.1) is 0 Å². The van der Waals surface area contributed by atoms with Crippen LogP contribution >= 0.6 is 0 Å². The third-order valence-electron chi connectivity index (χ3n) is 4.16. The zero-order valence-corrected chi connectivity index (χ0v) is 13.6. The average molecular weight is 349 g/mol. The van der Waals surface area contributed by atoms with E-state index in [2.05, 4.69) is 16.9 Å². The minimum Gasteiger partial charge on any atom is -0.449 e. The van der Waals surface area contributed by atoms with E-state index in [1.807, 2.05) is 0 Å². The van der Waals surface area contributed by atoms with Crippen molar-refractivity contribution in [2.24, 2.45) is 0 Å². The molecule has 3 heterocycles. The lowest BCUT2D eigenvalue weighted by Crippen LogP contribution is -2.59. The first-order valence-electron chi connectivity index (χ1n) is 7.77. The molecule has 0 aromatic carbocycles. The van der Waals surface area contributed by atoms with Crippen molar-refractivity contribution in [3.8, 4) is 0 Å².